The lowest BCUT2D eigenvalue weighted by molar-refractivity contribution is -0.134. The van der Waals surface area contributed by atoms with Gasteiger partial charge in [-0.2, -0.15) is 0 Å². The van der Waals surface area contributed by atoms with Crippen molar-refractivity contribution in [3.05, 3.63) is 90.4 Å². The number of benzene rings is 2. The third-order valence-corrected chi connectivity index (χ3v) is 7.35. The summed E-state index contributed by atoms with van der Waals surface area (Å²) in [6.07, 6.45) is 4.97. The monoisotopic (exact) mass is 522 g/mol. The van der Waals surface area contributed by atoms with Crippen molar-refractivity contribution in [1.29, 1.82) is 0 Å². The first-order valence-electron chi connectivity index (χ1n) is 12.9. The summed E-state index contributed by atoms with van der Waals surface area (Å²) in [4.78, 5) is 27.3. The Morgan fingerprint density at radius 3 is 2.43 bits per heavy atom. The van der Waals surface area contributed by atoms with Gasteiger partial charge in [-0.3, -0.25) is 9.59 Å². The molecule has 0 spiro atoms. The summed E-state index contributed by atoms with van der Waals surface area (Å²) in [5.74, 6) is 2.88. The van der Waals surface area contributed by atoms with Gasteiger partial charge in [0.1, 0.15) is 11.5 Å². The van der Waals surface area contributed by atoms with E-state index < -0.39 is 0 Å². The van der Waals surface area contributed by atoms with Gasteiger partial charge in [-0.25, -0.2) is 0 Å². The fourth-order valence-electron chi connectivity index (χ4n) is 3.96. The number of carbonyl (C=O) groups excluding carboxylic acids is 2. The molecule has 3 rings (SSSR count). The highest BCUT2D eigenvalue weighted by Gasteiger charge is 2.19. The van der Waals surface area contributed by atoms with Crippen molar-refractivity contribution in [3.63, 3.8) is 0 Å². The van der Waals surface area contributed by atoms with Gasteiger partial charge < -0.3 is 19.4 Å². The normalized spacial score (nSPS) is 12.6. The fourth-order valence-corrected chi connectivity index (χ4v) is 4.83. The van der Waals surface area contributed by atoms with E-state index in [-0.39, 0.29) is 30.4 Å². The molecular weight excluding hydrogens is 484 g/mol. The van der Waals surface area contributed by atoms with Crippen molar-refractivity contribution in [1.82, 2.24) is 10.2 Å². The molecule has 1 aromatic heterocycles. The van der Waals surface area contributed by atoms with Crippen LogP contribution in [0, 0.1) is 0 Å². The van der Waals surface area contributed by atoms with Crippen LogP contribution in [-0.2, 0) is 21.8 Å². The van der Waals surface area contributed by atoms with E-state index in [4.69, 9.17) is 9.15 Å². The van der Waals surface area contributed by atoms with E-state index in [1.807, 2.05) is 74.6 Å². The maximum absolute atomic E-state index is 13.0. The van der Waals surface area contributed by atoms with Crippen molar-refractivity contribution in [3.8, 4) is 5.75 Å². The Bertz CT molecular complexity index is 1040. The molecule has 0 aliphatic heterocycles. The molecule has 6 nitrogen and oxygen atoms in total. The number of para-hydroxylation sites is 1. The third-order valence-electron chi connectivity index (χ3n) is 6.37. The Morgan fingerprint density at radius 1 is 1.00 bits per heavy atom. The van der Waals surface area contributed by atoms with Crippen LogP contribution >= 0.6 is 11.8 Å². The first-order chi connectivity index (χ1) is 18.0. The fraction of sp³-hybridized carbons (Fsp3) is 0.400. The zero-order valence-corrected chi connectivity index (χ0v) is 22.6. The lowest BCUT2D eigenvalue weighted by Crippen LogP contribution is -2.40. The smallest absolute Gasteiger partial charge is 0.260 e. The number of hydrogen-bond acceptors (Lipinski definition) is 6. The summed E-state index contributed by atoms with van der Waals surface area (Å²) in [7, 11) is 1.82. The highest BCUT2D eigenvalue weighted by atomic mass is 32.2. The highest BCUT2D eigenvalue weighted by Crippen LogP contribution is 2.15. The second-order valence-electron chi connectivity index (χ2n) is 9.17. The maximum Gasteiger partial charge on any atom is 0.260 e. The Balaban J connectivity index is 1.41. The van der Waals surface area contributed by atoms with Gasteiger partial charge in [0.2, 0.25) is 0 Å². The van der Waals surface area contributed by atoms with E-state index in [1.165, 1.54) is 5.56 Å². The predicted octanol–water partition coefficient (Wildman–Crippen LogP) is 5.38. The van der Waals surface area contributed by atoms with Crippen LogP contribution in [-0.4, -0.2) is 54.6 Å². The van der Waals surface area contributed by atoms with E-state index in [9.17, 15) is 9.59 Å². The average molecular weight is 523 g/mol. The third kappa shape index (κ3) is 10.5. The Labute approximate surface area is 224 Å². The van der Waals surface area contributed by atoms with Gasteiger partial charge in [0.15, 0.2) is 12.4 Å². The number of nitrogens with zero attached hydrogens (tertiary/aromatic N) is 1. The van der Waals surface area contributed by atoms with E-state index >= 15 is 0 Å². The molecule has 3 aromatic rings. The van der Waals surface area contributed by atoms with Crippen LogP contribution in [0.15, 0.2) is 83.5 Å². The van der Waals surface area contributed by atoms with Crippen LogP contribution in [0.1, 0.15) is 37.5 Å². The number of ketones is 1. The van der Waals surface area contributed by atoms with Crippen LogP contribution in [0.3, 0.4) is 0 Å². The lowest BCUT2D eigenvalue weighted by Gasteiger charge is -2.25. The zero-order chi connectivity index (χ0) is 26.3. The van der Waals surface area contributed by atoms with E-state index in [1.54, 1.807) is 22.9 Å². The number of likely N-dealkylation sites (N-methyl/N-ethyl adjacent to an activating group) is 1. The summed E-state index contributed by atoms with van der Waals surface area (Å²) >= 11 is 1.58. The molecule has 0 radical (unpaired) electrons. The molecule has 2 aromatic carbocycles. The zero-order valence-electron chi connectivity index (χ0n) is 21.8. The molecule has 2 unspecified atom stereocenters. The van der Waals surface area contributed by atoms with Crippen LogP contribution < -0.4 is 10.1 Å². The molecule has 1 heterocycles. The van der Waals surface area contributed by atoms with Gasteiger partial charge in [-0.1, -0.05) is 48.5 Å². The molecular formula is C30H38N2O4S. The Morgan fingerprint density at radius 2 is 1.73 bits per heavy atom. The summed E-state index contributed by atoms with van der Waals surface area (Å²) in [6.45, 7) is 2.79. The minimum Gasteiger partial charge on any atom is -0.484 e. The lowest BCUT2D eigenvalue weighted by atomic mass is 10.0. The summed E-state index contributed by atoms with van der Waals surface area (Å²) in [5, 5.41) is 3.49. The van der Waals surface area contributed by atoms with Gasteiger partial charge in [0, 0.05) is 13.1 Å². The second kappa shape index (κ2) is 15.9. The van der Waals surface area contributed by atoms with Crippen molar-refractivity contribution >= 4 is 23.5 Å². The van der Waals surface area contributed by atoms with Gasteiger partial charge in [0.05, 0.1) is 23.8 Å². The van der Waals surface area contributed by atoms with Gasteiger partial charge in [-0.05, 0) is 69.0 Å². The van der Waals surface area contributed by atoms with E-state index in [0.29, 0.717) is 17.3 Å². The standard InChI is InChI=1S/C30H38N2O4S/c1-24(32(2)30(34)21-36-26-14-7-4-8-15-26)11-9-19-31-28(18-17-25-12-5-3-6-13-25)29(33)23-37-22-27-16-10-20-35-27/h3-8,10,12-16,20,24,28,31H,9,11,17-19,21-23H2,1-2H3. The van der Waals surface area contributed by atoms with Crippen LogP contribution in [0.4, 0.5) is 0 Å². The van der Waals surface area contributed by atoms with Crippen LogP contribution in [0.2, 0.25) is 0 Å². The molecule has 0 aliphatic carbocycles. The van der Waals surface area contributed by atoms with Crippen molar-refractivity contribution < 1.29 is 18.7 Å². The molecule has 0 fully saturated rings. The molecule has 1 amide bonds. The molecule has 1 N–H and O–H groups in total. The number of aryl methyl sites for hydroxylation is 1. The molecule has 37 heavy (non-hydrogen) atoms. The van der Waals surface area contributed by atoms with E-state index in [2.05, 4.69) is 17.4 Å². The SMILES string of the molecule is CC(CCCNC(CCc1ccccc1)C(=O)CSCc1ccco1)N(C)C(=O)COc1ccccc1. The topological polar surface area (TPSA) is 71.8 Å². The number of rotatable bonds is 17. The first-order valence-corrected chi connectivity index (χ1v) is 14.0. The largest absolute Gasteiger partial charge is 0.484 e. The predicted molar refractivity (Wildman–Crippen MR) is 150 cm³/mol. The van der Waals surface area contributed by atoms with Crippen molar-refractivity contribution in [2.75, 3.05) is 26.0 Å². The average Bonchev–Trinajstić information content (AvgIpc) is 3.45. The van der Waals surface area contributed by atoms with Gasteiger partial charge >= 0.3 is 0 Å². The van der Waals surface area contributed by atoms with Gasteiger partial charge in [0.25, 0.3) is 5.91 Å². The molecule has 0 aliphatic rings. The molecule has 198 valence electrons. The first kappa shape index (κ1) is 28.5. The van der Waals surface area contributed by atoms with Crippen LogP contribution in [0.25, 0.3) is 0 Å². The molecule has 0 bridgehead atoms. The summed E-state index contributed by atoms with van der Waals surface area (Å²) < 4.78 is 11.0. The number of nitrogens with one attached hydrogen (secondary N) is 1. The second-order valence-corrected chi connectivity index (χ2v) is 10.2. The molecule has 0 saturated carbocycles. The number of hydrogen-bond donors (Lipinski definition) is 1. The van der Waals surface area contributed by atoms with Crippen molar-refractivity contribution in [2.24, 2.45) is 0 Å². The minimum absolute atomic E-state index is 0.0227. The number of amides is 1. The Kier molecular flexibility index (Phi) is 12.3. The summed E-state index contributed by atoms with van der Waals surface area (Å²) in [6, 6.07) is 23.3. The number of furan rings is 1. The molecule has 0 saturated heterocycles. The summed E-state index contributed by atoms with van der Waals surface area (Å²) in [5.41, 5.74) is 1.23. The molecule has 7 heteroatoms. The van der Waals surface area contributed by atoms with E-state index in [0.717, 1.165) is 38.0 Å². The number of thioether (sulfide) groups is 1. The quantitative estimate of drug-likeness (QED) is 0.240. The van der Waals surface area contributed by atoms with Gasteiger partial charge in [-0.15, -0.1) is 11.8 Å². The number of ether oxygens (including phenoxy) is 1. The Hall–Kier alpha value is -3.03. The number of Topliss-reactive ketones (excluding diaryl/α,β-unsaturated/α-hetero) is 1. The highest BCUT2D eigenvalue weighted by molar-refractivity contribution is 7.99. The molecule has 2 atom stereocenters. The number of carbonyl (C=O) groups is 2. The van der Waals surface area contributed by atoms with Crippen LogP contribution in [0.5, 0.6) is 5.75 Å². The minimum atomic E-state index is -0.196. The van der Waals surface area contributed by atoms with Crippen molar-refractivity contribution in [2.45, 2.75) is 50.4 Å². The maximum atomic E-state index is 13.0.